The van der Waals surface area contributed by atoms with Crippen molar-refractivity contribution < 1.29 is 4.92 Å². The van der Waals surface area contributed by atoms with Crippen LogP contribution in [-0.2, 0) is 0 Å². The number of hydrogen-bond acceptors (Lipinski definition) is 3. The van der Waals surface area contributed by atoms with Gasteiger partial charge in [0.1, 0.15) is 7.85 Å². The van der Waals surface area contributed by atoms with Crippen molar-refractivity contribution in [3.8, 4) is 0 Å². The molecule has 0 saturated carbocycles. The van der Waals surface area contributed by atoms with Crippen molar-refractivity contribution in [3.05, 3.63) is 28.3 Å². The normalized spacial score (nSPS) is 9.45. The molecule has 0 heterocycles. The van der Waals surface area contributed by atoms with Gasteiger partial charge in [0.2, 0.25) is 0 Å². The van der Waals surface area contributed by atoms with Crippen LogP contribution in [0.4, 0.5) is 11.4 Å². The van der Waals surface area contributed by atoms with Crippen molar-refractivity contribution in [2.45, 2.75) is 0 Å². The first kappa shape index (κ1) is 7.59. The molecule has 0 bridgehead atoms. The van der Waals surface area contributed by atoms with Crippen LogP contribution in [0.5, 0.6) is 0 Å². The minimum absolute atomic E-state index is 0.0803. The van der Waals surface area contributed by atoms with Crippen LogP contribution in [-0.4, -0.2) is 12.8 Å². The van der Waals surface area contributed by atoms with Gasteiger partial charge in [-0.3, -0.25) is 10.1 Å². The Labute approximate surface area is 64.6 Å². The highest BCUT2D eigenvalue weighted by atomic mass is 16.6. The number of nitrogens with two attached hydrogens (primary N) is 1. The third-order valence-electron chi connectivity index (χ3n) is 1.46. The first-order chi connectivity index (χ1) is 5.11. The molecule has 56 valence electrons. The van der Waals surface area contributed by atoms with Crippen LogP contribution in [0.2, 0.25) is 0 Å². The van der Waals surface area contributed by atoms with E-state index < -0.39 is 4.92 Å². The van der Waals surface area contributed by atoms with Gasteiger partial charge in [0.15, 0.2) is 0 Å². The number of rotatable bonds is 1. The molecule has 0 aromatic heterocycles. The third-order valence-corrected chi connectivity index (χ3v) is 1.46. The summed E-state index contributed by atoms with van der Waals surface area (Å²) in [6.45, 7) is 0. The second-order valence-corrected chi connectivity index (χ2v) is 2.30. The van der Waals surface area contributed by atoms with Crippen molar-refractivity contribution in [2.75, 3.05) is 5.73 Å². The van der Waals surface area contributed by atoms with E-state index >= 15 is 0 Å². The fourth-order valence-corrected chi connectivity index (χ4v) is 0.773. The van der Waals surface area contributed by atoms with E-state index in [0.29, 0.717) is 5.69 Å². The molecular weight excluding hydrogens is 143 g/mol. The van der Waals surface area contributed by atoms with Gasteiger partial charge in [0.25, 0.3) is 5.69 Å². The summed E-state index contributed by atoms with van der Waals surface area (Å²) in [7, 11) is 1.74. The maximum atomic E-state index is 10.2. The first-order valence-corrected chi connectivity index (χ1v) is 3.12. The Hall–Kier alpha value is -1.52. The Morgan fingerprint density at radius 2 is 2.18 bits per heavy atom. The van der Waals surface area contributed by atoms with E-state index in [2.05, 4.69) is 0 Å². The Bertz CT molecular complexity index is 301. The zero-order chi connectivity index (χ0) is 8.43. The summed E-state index contributed by atoms with van der Waals surface area (Å²) < 4.78 is 0. The monoisotopic (exact) mass is 150 g/mol. The molecule has 0 aliphatic rings. The van der Waals surface area contributed by atoms with Crippen molar-refractivity contribution in [3.63, 3.8) is 0 Å². The number of nitro benzene ring substituents is 1. The number of nitrogen functional groups attached to an aromatic ring is 1. The average molecular weight is 150 g/mol. The molecule has 0 saturated heterocycles. The molecule has 1 aromatic carbocycles. The lowest BCUT2D eigenvalue weighted by atomic mass is 9.94. The zero-order valence-electron chi connectivity index (χ0n) is 6.07. The number of anilines is 1. The number of benzene rings is 1. The molecule has 0 fully saturated rings. The molecule has 0 aliphatic carbocycles. The Balaban J connectivity index is 3.15. The number of nitrogens with zero attached hydrogens (tertiary/aromatic N) is 1. The molecule has 1 rings (SSSR count). The van der Waals surface area contributed by atoms with Gasteiger partial charge in [-0.2, -0.15) is 0 Å². The summed E-state index contributed by atoms with van der Waals surface area (Å²) in [4.78, 5) is 9.79. The van der Waals surface area contributed by atoms with Crippen molar-refractivity contribution in [1.29, 1.82) is 0 Å². The lowest BCUT2D eigenvalue weighted by molar-refractivity contribution is -0.384. The van der Waals surface area contributed by atoms with E-state index in [1.54, 1.807) is 7.85 Å². The van der Waals surface area contributed by atoms with E-state index in [0.717, 1.165) is 5.46 Å². The summed E-state index contributed by atoms with van der Waals surface area (Å²) >= 11 is 0. The van der Waals surface area contributed by atoms with Crippen molar-refractivity contribution in [2.24, 2.45) is 0 Å². The number of non-ortho nitro benzene ring substituents is 1. The minimum Gasteiger partial charge on any atom is -0.399 e. The van der Waals surface area contributed by atoms with Crippen LogP contribution in [0.15, 0.2) is 18.2 Å². The maximum absolute atomic E-state index is 10.2. The first-order valence-electron chi connectivity index (χ1n) is 3.12. The molecule has 11 heavy (non-hydrogen) atoms. The van der Waals surface area contributed by atoms with Crippen molar-refractivity contribution in [1.82, 2.24) is 0 Å². The van der Waals surface area contributed by atoms with Crippen LogP contribution < -0.4 is 11.2 Å². The van der Waals surface area contributed by atoms with Gasteiger partial charge < -0.3 is 5.73 Å². The molecule has 0 aliphatic heterocycles. The van der Waals surface area contributed by atoms with E-state index in [9.17, 15) is 10.1 Å². The molecule has 2 N–H and O–H groups in total. The molecule has 0 spiro atoms. The lowest BCUT2D eigenvalue weighted by Crippen LogP contribution is -2.09. The van der Waals surface area contributed by atoms with E-state index in [1.165, 1.54) is 18.2 Å². The summed E-state index contributed by atoms with van der Waals surface area (Å²) in [6.07, 6.45) is 0. The lowest BCUT2D eigenvalue weighted by Gasteiger charge is -1.97. The zero-order valence-corrected chi connectivity index (χ0v) is 6.07. The summed E-state index contributed by atoms with van der Waals surface area (Å²) in [5, 5.41) is 10.2. The fourth-order valence-electron chi connectivity index (χ4n) is 0.773. The van der Waals surface area contributed by atoms with Crippen LogP contribution >= 0.6 is 0 Å². The van der Waals surface area contributed by atoms with Crippen LogP contribution in [0.25, 0.3) is 0 Å². The number of nitro groups is 1. The molecule has 0 atom stereocenters. The highest BCUT2D eigenvalue weighted by Crippen LogP contribution is 2.09. The van der Waals surface area contributed by atoms with Gasteiger partial charge in [0, 0.05) is 17.8 Å². The predicted octanol–water partition coefficient (Wildman–Crippen LogP) is -0.565. The molecule has 0 amide bonds. The van der Waals surface area contributed by atoms with Crippen molar-refractivity contribution >= 4 is 24.7 Å². The largest absolute Gasteiger partial charge is 0.399 e. The molecule has 4 nitrogen and oxygen atoms in total. The molecule has 1 aromatic rings. The Morgan fingerprint density at radius 3 is 2.64 bits per heavy atom. The fraction of sp³-hybridized carbons (Fsp3) is 0. The Morgan fingerprint density at radius 1 is 1.55 bits per heavy atom. The highest BCUT2D eigenvalue weighted by molar-refractivity contribution is 6.35. The summed E-state index contributed by atoms with van der Waals surface area (Å²) in [5.41, 5.74) is 6.86. The molecular formula is C6H7BN2O2. The smallest absolute Gasteiger partial charge is 0.269 e. The van der Waals surface area contributed by atoms with Gasteiger partial charge in [-0.25, -0.2) is 0 Å². The maximum Gasteiger partial charge on any atom is 0.269 e. The van der Waals surface area contributed by atoms with Gasteiger partial charge in [-0.15, -0.1) is 0 Å². The van der Waals surface area contributed by atoms with Crippen LogP contribution in [0.3, 0.4) is 0 Å². The average Bonchev–Trinajstić information content (AvgIpc) is 1.94. The summed E-state index contributed by atoms with van der Waals surface area (Å²) in [6, 6.07) is 4.38. The second kappa shape index (κ2) is 2.61. The predicted molar refractivity (Wildman–Crippen MR) is 45.7 cm³/mol. The highest BCUT2D eigenvalue weighted by Gasteiger charge is 2.04. The number of hydrogen-bond donors (Lipinski definition) is 1. The standard InChI is InChI=1S/C6H7BN2O2/c7-5-3-4(9(10)11)1-2-6(5)8/h1-3H,7-8H2. The van der Waals surface area contributed by atoms with E-state index in [-0.39, 0.29) is 5.69 Å². The Kier molecular flexibility index (Phi) is 1.80. The van der Waals surface area contributed by atoms with Crippen LogP contribution in [0, 0.1) is 10.1 Å². The third kappa shape index (κ3) is 1.49. The van der Waals surface area contributed by atoms with Gasteiger partial charge >= 0.3 is 0 Å². The van der Waals surface area contributed by atoms with Gasteiger partial charge in [0.05, 0.1) is 4.92 Å². The second-order valence-electron chi connectivity index (χ2n) is 2.30. The van der Waals surface area contributed by atoms with E-state index in [4.69, 9.17) is 5.73 Å². The summed E-state index contributed by atoms with van der Waals surface area (Å²) in [5.74, 6) is 0. The minimum atomic E-state index is -0.438. The molecule has 0 radical (unpaired) electrons. The topological polar surface area (TPSA) is 69.2 Å². The van der Waals surface area contributed by atoms with Gasteiger partial charge in [-0.1, -0.05) is 5.46 Å². The van der Waals surface area contributed by atoms with E-state index in [1.807, 2.05) is 0 Å². The quantitative estimate of drug-likeness (QED) is 0.252. The molecule has 0 unspecified atom stereocenters. The van der Waals surface area contributed by atoms with Gasteiger partial charge in [-0.05, 0) is 6.07 Å². The SMILES string of the molecule is Bc1cc([N+](=O)[O-])ccc1N. The van der Waals surface area contributed by atoms with Crippen LogP contribution in [0.1, 0.15) is 0 Å². The molecule has 5 heteroatoms.